The monoisotopic (exact) mass is 174 g/mol. The molecular weight excluding hydrogens is 168 g/mol. The molecule has 0 heterocycles. The quantitative estimate of drug-likeness (QED) is 0.400. The molecule has 6 heavy (non-hydrogen) atoms. The maximum absolute atomic E-state index is 7.25. The van der Waals surface area contributed by atoms with Crippen molar-refractivity contribution in [2.75, 3.05) is 0 Å². The number of hydrogen-bond acceptors (Lipinski definition) is 1. The Morgan fingerprint density at radius 2 is 2.00 bits per heavy atom. The van der Waals surface area contributed by atoms with Crippen LogP contribution in [0.25, 0.3) is 0 Å². The molecule has 0 aliphatic heterocycles. The van der Waals surface area contributed by atoms with E-state index < -0.39 is 0 Å². The summed E-state index contributed by atoms with van der Waals surface area (Å²) >= 11 is 2.25. The van der Waals surface area contributed by atoms with E-state index in [1.807, 2.05) is 6.92 Å². The van der Waals surface area contributed by atoms with Crippen LogP contribution in [-0.4, -0.2) is 0 Å². The summed E-state index contributed by atoms with van der Waals surface area (Å²) in [5.41, 5.74) is 0. The van der Waals surface area contributed by atoms with Gasteiger partial charge in [-0.3, -0.25) is 0 Å². The van der Waals surface area contributed by atoms with Crippen LogP contribution in [0, 0.1) is 9.80 Å². The summed E-state index contributed by atoms with van der Waals surface area (Å²) in [6.45, 7) is 5.25. The number of nitriles is 1. The first kappa shape index (κ1) is 9.31. The Labute approximate surface area is 49.1 Å². The van der Waals surface area contributed by atoms with E-state index in [4.69, 9.17) is 5.26 Å². The van der Waals surface area contributed by atoms with Crippen LogP contribution in [-0.2, 0) is 19.2 Å². The minimum atomic E-state index is 1.60. The van der Waals surface area contributed by atoms with Crippen LogP contribution in [0.15, 0.2) is 12.7 Å². The fourth-order valence-electron chi connectivity index (χ4n) is 0. The molecule has 0 unspecified atom stereocenters. The standard InChI is InChI=1S/C3H6.CN.Pd/c1-3-2;1-2;/h3H,1H2,2H3;;. The van der Waals surface area contributed by atoms with E-state index in [0.29, 0.717) is 0 Å². The van der Waals surface area contributed by atoms with Crippen LogP contribution in [0.5, 0.6) is 0 Å². The molecule has 0 aliphatic rings. The second kappa shape index (κ2) is 20.7. The molecule has 0 aromatic heterocycles. The average molecular weight is 175 g/mol. The fourth-order valence-corrected chi connectivity index (χ4v) is 0. The zero-order valence-corrected chi connectivity index (χ0v) is 5.10. The van der Waals surface area contributed by atoms with Gasteiger partial charge in [-0.1, -0.05) is 6.08 Å². The molecule has 0 fully saturated rings. The molecule has 1 nitrogen and oxygen atoms in total. The Balaban J connectivity index is 0. The molecule has 0 bridgehead atoms. The predicted molar refractivity (Wildman–Crippen MR) is 21.5 cm³/mol. The topological polar surface area (TPSA) is 23.8 Å². The third-order valence-corrected chi connectivity index (χ3v) is 0. The molecule has 0 spiro atoms. The van der Waals surface area contributed by atoms with E-state index in [2.05, 4.69) is 25.8 Å². The van der Waals surface area contributed by atoms with Gasteiger partial charge >= 0.3 is 29.0 Å². The van der Waals surface area contributed by atoms with Crippen molar-refractivity contribution in [2.45, 2.75) is 6.92 Å². The second-order valence-corrected chi connectivity index (χ2v) is 0.827. The Hall–Kier alpha value is -0.108. The van der Waals surface area contributed by atoms with E-state index in [-0.39, 0.29) is 0 Å². The average Bonchev–Trinajstić information content (AvgIpc) is 1.39. The van der Waals surface area contributed by atoms with E-state index in [1.54, 1.807) is 10.6 Å². The van der Waals surface area contributed by atoms with Gasteiger partial charge < -0.3 is 0 Å². The van der Waals surface area contributed by atoms with Gasteiger partial charge in [0.2, 0.25) is 0 Å². The van der Waals surface area contributed by atoms with Crippen molar-refractivity contribution in [1.29, 1.82) is 5.26 Å². The number of rotatable bonds is 0. The first-order valence-electron chi connectivity index (χ1n) is 1.37. The van der Waals surface area contributed by atoms with Crippen molar-refractivity contribution in [3.63, 3.8) is 0 Å². The van der Waals surface area contributed by atoms with Crippen LogP contribution in [0.2, 0.25) is 0 Å². The van der Waals surface area contributed by atoms with E-state index in [0.717, 1.165) is 0 Å². The van der Waals surface area contributed by atoms with Gasteiger partial charge in [0.05, 0.1) is 0 Å². The van der Waals surface area contributed by atoms with Crippen LogP contribution >= 0.6 is 0 Å². The number of hydrogen-bond donors (Lipinski definition) is 0. The molecule has 0 saturated heterocycles. The third kappa shape index (κ3) is 2810. The molecule has 0 saturated carbocycles. The first-order valence-corrected chi connectivity index (χ1v) is 2.14. The van der Waals surface area contributed by atoms with Gasteiger partial charge in [0, 0.05) is 0 Å². The van der Waals surface area contributed by atoms with E-state index >= 15 is 0 Å². The summed E-state index contributed by atoms with van der Waals surface area (Å²) in [7, 11) is 0. The van der Waals surface area contributed by atoms with Crippen molar-refractivity contribution in [2.24, 2.45) is 0 Å². The minimum absolute atomic E-state index is 1.60. The molecule has 0 aliphatic carbocycles. The molecule has 0 N–H and O–H groups in total. The predicted octanol–water partition coefficient (Wildman–Crippen LogP) is 1.21. The van der Waals surface area contributed by atoms with Crippen molar-refractivity contribution in [1.82, 2.24) is 0 Å². The van der Waals surface area contributed by atoms with Gasteiger partial charge in [0.15, 0.2) is 0 Å². The summed E-state index contributed by atoms with van der Waals surface area (Å²) in [5.74, 6) is 0. The first-order chi connectivity index (χ1) is 2.83. The normalized spacial score (nSPS) is 3.67. The van der Waals surface area contributed by atoms with Crippen LogP contribution < -0.4 is 0 Å². The Bertz CT molecular complexity index is 53.1. The van der Waals surface area contributed by atoms with Crippen LogP contribution in [0.3, 0.4) is 0 Å². The van der Waals surface area contributed by atoms with Crippen molar-refractivity contribution >= 4 is 0 Å². The summed E-state index contributed by atoms with van der Waals surface area (Å²) < 4.78 is 1.60. The van der Waals surface area contributed by atoms with Crippen molar-refractivity contribution in [3.05, 3.63) is 12.7 Å². The molecule has 0 aromatic carbocycles. The van der Waals surface area contributed by atoms with Crippen molar-refractivity contribution < 1.29 is 19.2 Å². The SMILES string of the molecule is C=CC.N#[C][Pd]. The fraction of sp³-hybridized carbons (Fsp3) is 0.250. The van der Waals surface area contributed by atoms with E-state index in [1.165, 1.54) is 0 Å². The summed E-state index contributed by atoms with van der Waals surface area (Å²) in [6, 6.07) is 0. The van der Waals surface area contributed by atoms with Gasteiger partial charge in [0.1, 0.15) is 0 Å². The summed E-state index contributed by atoms with van der Waals surface area (Å²) in [6.07, 6.45) is 1.75. The maximum atomic E-state index is 7.25. The number of allylic oxidation sites excluding steroid dienone is 1. The molecule has 0 amide bonds. The Morgan fingerprint density at radius 1 is 2.00 bits per heavy atom. The van der Waals surface area contributed by atoms with Crippen LogP contribution in [0.1, 0.15) is 6.92 Å². The van der Waals surface area contributed by atoms with Crippen LogP contribution in [0.4, 0.5) is 0 Å². The van der Waals surface area contributed by atoms with Crippen molar-refractivity contribution in [3.8, 4) is 4.54 Å². The Morgan fingerprint density at radius 3 is 2.00 bits per heavy atom. The molecule has 0 radical (unpaired) electrons. The van der Waals surface area contributed by atoms with Gasteiger partial charge in [-0.05, 0) is 6.92 Å². The second-order valence-electron chi connectivity index (χ2n) is 0.479. The molecule has 0 aromatic rings. The third-order valence-electron chi connectivity index (χ3n) is 0. The zero-order chi connectivity index (χ0) is 5.41. The Kier molecular flexibility index (Phi) is 32.1. The van der Waals surface area contributed by atoms with Gasteiger partial charge in [-0.25, -0.2) is 0 Å². The summed E-state index contributed by atoms with van der Waals surface area (Å²) in [4.78, 5) is 0. The number of nitrogens with zero attached hydrogens (tertiary/aromatic N) is 1. The zero-order valence-electron chi connectivity index (χ0n) is 3.55. The molecule has 37 valence electrons. The molecule has 0 atom stereocenters. The molecule has 2 heteroatoms. The summed E-state index contributed by atoms with van der Waals surface area (Å²) in [5, 5.41) is 7.25. The van der Waals surface area contributed by atoms with Gasteiger partial charge in [-0.15, -0.1) is 6.58 Å². The van der Waals surface area contributed by atoms with Gasteiger partial charge in [-0.2, -0.15) is 0 Å². The molecule has 0 rings (SSSR count). The van der Waals surface area contributed by atoms with Gasteiger partial charge in [0.25, 0.3) is 0 Å². The van der Waals surface area contributed by atoms with E-state index in [9.17, 15) is 0 Å². The molecular formula is C4H6NPd.